The molecule has 1 aliphatic rings. The number of hydrogen-bond acceptors (Lipinski definition) is 0. The molecule has 1 saturated carbocycles. The summed E-state index contributed by atoms with van der Waals surface area (Å²) in [7, 11) is 0. The fourth-order valence-corrected chi connectivity index (χ4v) is 1.71. The maximum absolute atomic E-state index is 12.5. The van der Waals surface area contributed by atoms with Gasteiger partial charge in [-0.15, -0.1) is 11.6 Å². The summed E-state index contributed by atoms with van der Waals surface area (Å²) in [5.41, 5.74) is 1.04. The molecule has 0 radical (unpaired) electrons. The summed E-state index contributed by atoms with van der Waals surface area (Å²) in [5.74, 6) is 0.426. The second-order valence-corrected chi connectivity index (χ2v) is 3.76. The van der Waals surface area contributed by atoms with Crippen molar-refractivity contribution < 1.29 is 4.39 Å². The number of hydrogen-bond donors (Lipinski definition) is 0. The van der Waals surface area contributed by atoms with Gasteiger partial charge in [-0.05, 0) is 36.5 Å². The molecule has 1 aromatic carbocycles. The molecule has 2 heteroatoms. The smallest absolute Gasteiger partial charge is 0.123 e. The summed E-state index contributed by atoms with van der Waals surface area (Å²) in [6, 6.07) is 6.47. The highest BCUT2D eigenvalue weighted by Crippen LogP contribution is 2.44. The largest absolute Gasteiger partial charge is 0.207 e. The van der Waals surface area contributed by atoms with E-state index in [0.717, 1.165) is 5.56 Å². The third-order valence-electron chi connectivity index (χ3n) is 2.22. The summed E-state index contributed by atoms with van der Waals surface area (Å²) >= 11 is 6.13. The van der Waals surface area contributed by atoms with Crippen molar-refractivity contribution in [2.24, 2.45) is 5.92 Å². The predicted octanol–water partition coefficient (Wildman–Crippen LogP) is 3.52. The minimum Gasteiger partial charge on any atom is -0.207 e. The van der Waals surface area contributed by atoms with Gasteiger partial charge in [-0.1, -0.05) is 12.1 Å². The van der Waals surface area contributed by atoms with Gasteiger partial charge >= 0.3 is 0 Å². The first kappa shape index (κ1) is 8.06. The Morgan fingerprint density at radius 2 is 1.83 bits per heavy atom. The van der Waals surface area contributed by atoms with Crippen molar-refractivity contribution in [1.29, 1.82) is 0 Å². The monoisotopic (exact) mass is 184 g/mol. The van der Waals surface area contributed by atoms with Crippen molar-refractivity contribution in [3.63, 3.8) is 0 Å². The van der Waals surface area contributed by atoms with Crippen molar-refractivity contribution in [3.8, 4) is 0 Å². The lowest BCUT2D eigenvalue weighted by Gasteiger charge is -2.06. The molecular formula is C10H10ClF. The van der Waals surface area contributed by atoms with Crippen molar-refractivity contribution >= 4 is 11.6 Å². The van der Waals surface area contributed by atoms with Gasteiger partial charge in [-0.2, -0.15) is 0 Å². The van der Waals surface area contributed by atoms with Crippen LogP contribution in [0.1, 0.15) is 23.8 Å². The molecule has 1 unspecified atom stereocenters. The zero-order chi connectivity index (χ0) is 8.55. The highest BCUT2D eigenvalue weighted by molar-refractivity contribution is 6.21. The van der Waals surface area contributed by atoms with E-state index in [0.29, 0.717) is 5.92 Å². The molecule has 0 saturated heterocycles. The van der Waals surface area contributed by atoms with Crippen LogP contribution in [0.15, 0.2) is 24.3 Å². The Morgan fingerprint density at radius 1 is 1.25 bits per heavy atom. The summed E-state index contributed by atoms with van der Waals surface area (Å²) < 4.78 is 12.5. The topological polar surface area (TPSA) is 0 Å². The Morgan fingerprint density at radius 3 is 2.33 bits per heavy atom. The first-order valence-corrected chi connectivity index (χ1v) is 4.60. The number of halogens is 2. The van der Waals surface area contributed by atoms with Crippen LogP contribution in [0.3, 0.4) is 0 Å². The molecule has 64 valence electrons. The second kappa shape index (κ2) is 3.06. The minimum atomic E-state index is -0.196. The van der Waals surface area contributed by atoms with Crippen molar-refractivity contribution in [3.05, 3.63) is 35.6 Å². The molecule has 0 aliphatic heterocycles. The Labute approximate surface area is 76.4 Å². The van der Waals surface area contributed by atoms with Crippen molar-refractivity contribution in [1.82, 2.24) is 0 Å². The summed E-state index contributed by atoms with van der Waals surface area (Å²) in [6.07, 6.45) is 2.43. The van der Waals surface area contributed by atoms with Crippen LogP contribution < -0.4 is 0 Å². The van der Waals surface area contributed by atoms with E-state index >= 15 is 0 Å². The summed E-state index contributed by atoms with van der Waals surface area (Å²) in [4.78, 5) is 0. The summed E-state index contributed by atoms with van der Waals surface area (Å²) in [5, 5.41) is 0.0885. The lowest BCUT2D eigenvalue weighted by atomic mass is 10.1. The van der Waals surface area contributed by atoms with E-state index in [1.54, 1.807) is 12.1 Å². The Balaban J connectivity index is 2.16. The lowest BCUT2D eigenvalue weighted by Crippen LogP contribution is -1.91. The third kappa shape index (κ3) is 1.61. The molecule has 1 fully saturated rings. The minimum absolute atomic E-state index is 0.0885. The molecule has 1 aliphatic carbocycles. The van der Waals surface area contributed by atoms with Gasteiger partial charge in [0, 0.05) is 0 Å². The quantitative estimate of drug-likeness (QED) is 0.617. The van der Waals surface area contributed by atoms with Crippen LogP contribution >= 0.6 is 11.6 Å². The molecule has 0 spiro atoms. The molecular weight excluding hydrogens is 175 g/mol. The van der Waals surface area contributed by atoms with Crippen LogP contribution in [0.4, 0.5) is 4.39 Å². The summed E-state index contributed by atoms with van der Waals surface area (Å²) in [6.45, 7) is 0. The van der Waals surface area contributed by atoms with E-state index in [1.165, 1.54) is 25.0 Å². The Kier molecular flexibility index (Phi) is 2.05. The third-order valence-corrected chi connectivity index (χ3v) is 2.83. The number of benzene rings is 1. The van der Waals surface area contributed by atoms with Crippen molar-refractivity contribution in [2.45, 2.75) is 18.2 Å². The van der Waals surface area contributed by atoms with E-state index in [-0.39, 0.29) is 11.2 Å². The van der Waals surface area contributed by atoms with Gasteiger partial charge in [-0.25, -0.2) is 4.39 Å². The average Bonchev–Trinajstić information content (AvgIpc) is 2.87. The van der Waals surface area contributed by atoms with Gasteiger partial charge in [0.1, 0.15) is 5.82 Å². The van der Waals surface area contributed by atoms with Gasteiger partial charge in [0.2, 0.25) is 0 Å². The van der Waals surface area contributed by atoms with Crippen molar-refractivity contribution in [2.75, 3.05) is 0 Å². The van der Waals surface area contributed by atoms with Crippen LogP contribution in [0.2, 0.25) is 0 Å². The van der Waals surface area contributed by atoms with E-state index in [1.807, 2.05) is 0 Å². The maximum Gasteiger partial charge on any atom is 0.123 e. The molecule has 0 N–H and O–H groups in total. The van der Waals surface area contributed by atoms with Gasteiger partial charge in [0.05, 0.1) is 5.38 Å². The van der Waals surface area contributed by atoms with Crippen LogP contribution in [-0.2, 0) is 0 Å². The zero-order valence-corrected chi connectivity index (χ0v) is 7.39. The fraction of sp³-hybridized carbons (Fsp3) is 0.400. The molecule has 1 aromatic rings. The van der Waals surface area contributed by atoms with Gasteiger partial charge in [0.25, 0.3) is 0 Å². The van der Waals surface area contributed by atoms with E-state index < -0.39 is 0 Å². The second-order valence-electron chi connectivity index (χ2n) is 3.29. The molecule has 0 amide bonds. The van der Waals surface area contributed by atoms with Gasteiger partial charge < -0.3 is 0 Å². The first-order chi connectivity index (χ1) is 5.77. The van der Waals surface area contributed by atoms with Crippen LogP contribution in [0.5, 0.6) is 0 Å². The SMILES string of the molecule is Fc1ccc(C(Cl)C2CC2)cc1. The Bertz CT molecular complexity index is 264. The maximum atomic E-state index is 12.5. The first-order valence-electron chi connectivity index (χ1n) is 4.17. The molecule has 12 heavy (non-hydrogen) atoms. The molecule has 0 nitrogen and oxygen atoms in total. The Hall–Kier alpha value is -0.560. The van der Waals surface area contributed by atoms with E-state index in [4.69, 9.17) is 11.6 Å². The van der Waals surface area contributed by atoms with E-state index in [9.17, 15) is 4.39 Å². The highest BCUT2D eigenvalue weighted by Gasteiger charge is 2.30. The van der Waals surface area contributed by atoms with Gasteiger partial charge in [0.15, 0.2) is 0 Å². The standard InChI is InChI=1S/C10H10ClF/c11-10(7-1-2-7)8-3-5-9(12)6-4-8/h3-7,10H,1-2H2. The van der Waals surface area contributed by atoms with E-state index in [2.05, 4.69) is 0 Å². The molecule has 0 aromatic heterocycles. The van der Waals surface area contributed by atoms with Crippen LogP contribution in [0, 0.1) is 11.7 Å². The molecule has 0 bridgehead atoms. The van der Waals surface area contributed by atoms with Crippen LogP contribution in [0.25, 0.3) is 0 Å². The highest BCUT2D eigenvalue weighted by atomic mass is 35.5. The molecule has 1 atom stereocenters. The molecule has 0 heterocycles. The molecule has 2 rings (SSSR count). The van der Waals surface area contributed by atoms with Gasteiger partial charge in [-0.3, -0.25) is 0 Å². The lowest BCUT2D eigenvalue weighted by molar-refractivity contribution is 0.626. The normalized spacial score (nSPS) is 19.2. The zero-order valence-electron chi connectivity index (χ0n) is 6.63. The predicted molar refractivity (Wildman–Crippen MR) is 47.7 cm³/mol. The number of rotatable bonds is 2. The average molecular weight is 185 g/mol. The fourth-order valence-electron chi connectivity index (χ4n) is 1.31. The number of alkyl halides is 1. The van der Waals surface area contributed by atoms with Crippen LogP contribution in [-0.4, -0.2) is 0 Å².